The van der Waals surface area contributed by atoms with Gasteiger partial charge in [-0.3, -0.25) is 4.79 Å². The minimum absolute atomic E-state index is 0.00728. The summed E-state index contributed by atoms with van der Waals surface area (Å²) >= 11 is 0. The van der Waals surface area contributed by atoms with Gasteiger partial charge in [0.1, 0.15) is 18.8 Å². The summed E-state index contributed by atoms with van der Waals surface area (Å²) in [6.45, 7) is 6.11. The van der Waals surface area contributed by atoms with Crippen LogP contribution in [0.5, 0.6) is 0 Å². The Morgan fingerprint density at radius 1 is 1.39 bits per heavy atom. The highest BCUT2D eigenvalue weighted by Crippen LogP contribution is 2.33. The van der Waals surface area contributed by atoms with Gasteiger partial charge in [0.25, 0.3) is 0 Å². The van der Waals surface area contributed by atoms with E-state index in [1.54, 1.807) is 4.90 Å². The van der Waals surface area contributed by atoms with Crippen LogP contribution in [-0.2, 0) is 15.4 Å². The molecule has 0 aliphatic carbocycles. The van der Waals surface area contributed by atoms with Gasteiger partial charge in [-0.15, -0.1) is 0 Å². The number of aliphatic hydroxyl groups excluding tert-OH is 1. The van der Waals surface area contributed by atoms with E-state index in [-0.39, 0.29) is 18.4 Å². The number of hydrogen-bond donors (Lipinski definition) is 2. The maximum Gasteiger partial charge on any atom is 0.234 e. The summed E-state index contributed by atoms with van der Waals surface area (Å²) in [5.41, 5.74) is 0.927. The number of amidine groups is 1. The SMILES string of the molecule is BBc1cc(C(C(=O)N2CC(O)CC2C2=NOC(C)(c3ccccc3)N2)C(C)C)on1. The normalized spacial score (nSPS) is 26.4. The molecule has 0 bridgehead atoms. The molecule has 2 aliphatic heterocycles. The van der Waals surface area contributed by atoms with Crippen LogP contribution in [0.4, 0.5) is 0 Å². The van der Waals surface area contributed by atoms with Crippen LogP contribution in [0.2, 0.25) is 0 Å². The zero-order chi connectivity index (χ0) is 22.2. The van der Waals surface area contributed by atoms with Crippen LogP contribution in [0, 0.1) is 5.92 Å². The van der Waals surface area contributed by atoms with Crippen molar-refractivity contribution in [2.24, 2.45) is 11.1 Å². The largest absolute Gasteiger partial charge is 0.391 e. The Hall–Kier alpha value is -2.74. The summed E-state index contributed by atoms with van der Waals surface area (Å²) in [6, 6.07) is 11.2. The number of nitrogens with zero attached hydrogens (tertiary/aromatic N) is 3. The van der Waals surface area contributed by atoms with Crippen molar-refractivity contribution in [2.45, 2.75) is 51.0 Å². The lowest BCUT2D eigenvalue weighted by molar-refractivity contribution is -0.134. The van der Waals surface area contributed by atoms with Crippen molar-refractivity contribution in [3.8, 4) is 0 Å². The summed E-state index contributed by atoms with van der Waals surface area (Å²) in [4.78, 5) is 21.1. The Balaban J connectivity index is 1.57. The first-order valence-corrected chi connectivity index (χ1v) is 10.9. The second-order valence-electron chi connectivity index (χ2n) is 8.78. The van der Waals surface area contributed by atoms with Gasteiger partial charge in [0.2, 0.25) is 11.6 Å². The number of likely N-dealkylation sites (tertiary alicyclic amines) is 1. The van der Waals surface area contributed by atoms with Crippen LogP contribution < -0.4 is 10.9 Å². The fraction of sp³-hybridized carbons (Fsp3) is 0.476. The number of carbonyl (C=O) groups is 1. The highest BCUT2D eigenvalue weighted by Gasteiger charge is 2.46. The van der Waals surface area contributed by atoms with Crippen molar-refractivity contribution >= 4 is 32.2 Å². The molecule has 1 amide bonds. The first-order valence-electron chi connectivity index (χ1n) is 10.9. The zero-order valence-corrected chi connectivity index (χ0v) is 18.4. The lowest BCUT2D eigenvalue weighted by Crippen LogP contribution is -2.50. The van der Waals surface area contributed by atoms with Gasteiger partial charge < -0.3 is 24.7 Å². The molecule has 8 nitrogen and oxygen atoms in total. The summed E-state index contributed by atoms with van der Waals surface area (Å²) in [5.74, 6) is 0.527. The maximum absolute atomic E-state index is 13.6. The first kappa shape index (κ1) is 21.5. The summed E-state index contributed by atoms with van der Waals surface area (Å²) in [5, 5.41) is 22.1. The molecule has 4 unspecified atom stereocenters. The second-order valence-corrected chi connectivity index (χ2v) is 8.78. The second kappa shape index (κ2) is 8.42. The van der Waals surface area contributed by atoms with Gasteiger partial charge in [0, 0.05) is 31.0 Å². The number of aliphatic hydroxyl groups is 1. The average Bonchev–Trinajstić information content (AvgIpc) is 3.47. The van der Waals surface area contributed by atoms with E-state index >= 15 is 0 Å². The molecule has 1 aromatic heterocycles. The quantitative estimate of drug-likeness (QED) is 0.626. The molecule has 1 saturated heterocycles. The number of β-amino-alcohol motifs (C(OH)–C–C–N with tert-alkyl or cyclic N) is 1. The molecule has 2 N–H and O–H groups in total. The summed E-state index contributed by atoms with van der Waals surface area (Å²) < 4.78 is 5.51. The number of carbonyl (C=O) groups excluding carboxylic acids is 1. The molecule has 4 atom stereocenters. The van der Waals surface area contributed by atoms with Crippen molar-refractivity contribution in [3.05, 3.63) is 47.7 Å². The molecule has 2 aliphatic rings. The molecule has 1 aromatic carbocycles. The minimum Gasteiger partial charge on any atom is -0.391 e. The topological polar surface area (TPSA) is 100 Å². The molecule has 1 fully saturated rings. The molecule has 3 heterocycles. The first-order chi connectivity index (χ1) is 14.8. The van der Waals surface area contributed by atoms with E-state index in [0.717, 1.165) is 18.3 Å². The fourth-order valence-corrected chi connectivity index (χ4v) is 4.33. The van der Waals surface area contributed by atoms with Gasteiger partial charge in [-0.2, -0.15) is 0 Å². The highest BCUT2D eigenvalue weighted by molar-refractivity contribution is 6.97. The van der Waals surface area contributed by atoms with Crippen molar-refractivity contribution in [1.29, 1.82) is 0 Å². The number of oxime groups is 1. The van der Waals surface area contributed by atoms with E-state index in [0.29, 0.717) is 18.0 Å². The number of benzene rings is 1. The van der Waals surface area contributed by atoms with Gasteiger partial charge in [-0.05, 0) is 12.0 Å². The molecular weight excluding hydrogens is 394 g/mol. The van der Waals surface area contributed by atoms with Gasteiger partial charge in [0.15, 0.2) is 5.84 Å². The fourth-order valence-electron chi connectivity index (χ4n) is 4.33. The Morgan fingerprint density at radius 2 is 2.13 bits per heavy atom. The van der Waals surface area contributed by atoms with E-state index < -0.39 is 23.8 Å². The third-order valence-electron chi connectivity index (χ3n) is 6.07. The third-order valence-corrected chi connectivity index (χ3v) is 6.07. The number of nitrogens with one attached hydrogen (secondary N) is 1. The Kier molecular flexibility index (Phi) is 5.83. The van der Waals surface area contributed by atoms with Crippen LogP contribution in [0.1, 0.15) is 44.4 Å². The average molecular weight is 422 g/mol. The van der Waals surface area contributed by atoms with E-state index in [4.69, 9.17) is 9.36 Å². The molecular formula is C21H28B2N4O4. The summed E-state index contributed by atoms with van der Waals surface area (Å²) in [6.07, 6.45) is -0.233. The highest BCUT2D eigenvalue weighted by atomic mass is 16.7. The van der Waals surface area contributed by atoms with Crippen LogP contribution in [0.3, 0.4) is 0 Å². The van der Waals surface area contributed by atoms with Crippen LogP contribution in [-0.4, -0.2) is 60.5 Å². The Morgan fingerprint density at radius 3 is 2.77 bits per heavy atom. The molecule has 31 heavy (non-hydrogen) atoms. The number of hydrogen-bond acceptors (Lipinski definition) is 7. The van der Waals surface area contributed by atoms with E-state index in [1.807, 2.05) is 64.9 Å². The molecule has 4 rings (SSSR count). The molecule has 2 aromatic rings. The van der Waals surface area contributed by atoms with Crippen LogP contribution >= 0.6 is 0 Å². The Labute approximate surface area is 183 Å². The van der Waals surface area contributed by atoms with Crippen molar-refractivity contribution in [3.63, 3.8) is 0 Å². The van der Waals surface area contributed by atoms with Crippen molar-refractivity contribution in [1.82, 2.24) is 15.4 Å². The van der Waals surface area contributed by atoms with Gasteiger partial charge >= 0.3 is 0 Å². The maximum atomic E-state index is 13.6. The molecule has 162 valence electrons. The number of aromatic nitrogens is 1. The lowest BCUT2D eigenvalue weighted by Gasteiger charge is -2.30. The van der Waals surface area contributed by atoms with Crippen LogP contribution in [0.15, 0.2) is 46.1 Å². The van der Waals surface area contributed by atoms with E-state index in [1.165, 1.54) is 0 Å². The minimum atomic E-state index is -0.822. The predicted molar refractivity (Wildman–Crippen MR) is 121 cm³/mol. The number of rotatable bonds is 6. The molecule has 10 heteroatoms. The molecule has 0 radical (unpaired) electrons. The monoisotopic (exact) mass is 422 g/mol. The van der Waals surface area contributed by atoms with E-state index in [9.17, 15) is 9.90 Å². The lowest BCUT2D eigenvalue weighted by atomic mass is 9.53. The van der Waals surface area contributed by atoms with Crippen molar-refractivity contribution < 1.29 is 19.3 Å². The van der Waals surface area contributed by atoms with Gasteiger partial charge in [-0.25, -0.2) is 0 Å². The predicted octanol–water partition coefficient (Wildman–Crippen LogP) is -0.208. The molecule has 0 spiro atoms. The third kappa shape index (κ3) is 4.08. The van der Waals surface area contributed by atoms with Crippen LogP contribution in [0.25, 0.3) is 0 Å². The van der Waals surface area contributed by atoms with Crippen molar-refractivity contribution in [2.75, 3.05) is 6.54 Å². The Bertz CT molecular complexity index is 967. The number of amides is 1. The molecule has 0 saturated carbocycles. The zero-order valence-electron chi connectivity index (χ0n) is 18.4. The van der Waals surface area contributed by atoms with Gasteiger partial charge in [-0.1, -0.05) is 54.5 Å². The summed E-state index contributed by atoms with van der Waals surface area (Å²) in [7, 11) is 2.73. The van der Waals surface area contributed by atoms with Gasteiger partial charge in [0.05, 0.1) is 19.9 Å². The standard InChI is InChI=1S/C21H28B2N4O4/c1-12(2)18(16-10-17(23-22)25-30-16)20(29)27-11-14(28)9-15(27)19-24-21(3,31-26-19)13-7-5-4-6-8-13/h4-8,10,12,14-15,18,23,28H,9,11,22H2,1-3H3,(H,24,26). The van der Waals surface area contributed by atoms with E-state index in [2.05, 4.69) is 15.6 Å². The smallest absolute Gasteiger partial charge is 0.234 e.